The second-order valence-corrected chi connectivity index (χ2v) is 6.15. The number of aromatic nitrogens is 4. The Kier molecular flexibility index (Phi) is 3.76. The Morgan fingerprint density at radius 1 is 1.08 bits per heavy atom. The van der Waals surface area contributed by atoms with Gasteiger partial charge in [0.1, 0.15) is 9.88 Å². The molecule has 0 fully saturated rings. The minimum atomic E-state index is -0.164. The van der Waals surface area contributed by atoms with E-state index in [9.17, 15) is 4.79 Å². The highest BCUT2D eigenvalue weighted by molar-refractivity contribution is 7.16. The Hall–Kier alpha value is -3.06. The van der Waals surface area contributed by atoms with Crippen LogP contribution < -0.4 is 5.32 Å². The average Bonchev–Trinajstić information content (AvgIpc) is 3.28. The molecule has 7 heteroatoms. The normalized spacial score (nSPS) is 10.8. The molecular weight excluding hydrogens is 322 g/mol. The minimum absolute atomic E-state index is 0.164. The molecule has 1 N–H and O–H groups in total. The van der Waals surface area contributed by atoms with Crippen LogP contribution in [0.4, 0.5) is 0 Å². The number of fused-ring (bicyclic) bond motifs is 1. The zero-order valence-corrected chi connectivity index (χ0v) is 13.4. The van der Waals surface area contributed by atoms with Gasteiger partial charge in [-0.1, -0.05) is 36.4 Å². The fourth-order valence-electron chi connectivity index (χ4n) is 2.35. The summed E-state index contributed by atoms with van der Waals surface area (Å²) in [5.41, 5.74) is 1.76. The number of hydrogen-bond acceptors (Lipinski definition) is 5. The van der Waals surface area contributed by atoms with Gasteiger partial charge in [0.05, 0.1) is 12.7 Å². The molecule has 0 saturated carbocycles. The van der Waals surface area contributed by atoms with E-state index in [0.717, 1.165) is 16.2 Å². The summed E-state index contributed by atoms with van der Waals surface area (Å²) >= 11 is 1.37. The van der Waals surface area contributed by atoms with Crippen molar-refractivity contribution in [3.05, 3.63) is 71.6 Å². The van der Waals surface area contributed by atoms with Crippen molar-refractivity contribution in [2.45, 2.75) is 6.54 Å². The summed E-state index contributed by atoms with van der Waals surface area (Å²) < 4.78 is 1.85. The SMILES string of the molecule is O=C(NCc1nnc2ccccn12)c1cnc(-c2ccccc2)s1. The third-order valence-electron chi connectivity index (χ3n) is 3.54. The summed E-state index contributed by atoms with van der Waals surface area (Å²) in [6, 6.07) is 15.5. The second-order valence-electron chi connectivity index (χ2n) is 5.12. The van der Waals surface area contributed by atoms with Crippen LogP contribution in [0.25, 0.3) is 16.2 Å². The predicted molar refractivity (Wildman–Crippen MR) is 91.7 cm³/mol. The summed E-state index contributed by atoms with van der Waals surface area (Å²) in [6.45, 7) is 0.308. The smallest absolute Gasteiger partial charge is 0.263 e. The minimum Gasteiger partial charge on any atom is -0.344 e. The second kappa shape index (κ2) is 6.21. The number of pyridine rings is 1. The Morgan fingerprint density at radius 2 is 1.92 bits per heavy atom. The fourth-order valence-corrected chi connectivity index (χ4v) is 3.19. The molecule has 4 aromatic rings. The van der Waals surface area contributed by atoms with E-state index in [2.05, 4.69) is 20.5 Å². The van der Waals surface area contributed by atoms with Crippen molar-refractivity contribution in [3.8, 4) is 10.6 Å². The first-order valence-electron chi connectivity index (χ1n) is 7.39. The number of carbonyl (C=O) groups is 1. The molecule has 24 heavy (non-hydrogen) atoms. The molecule has 0 aliphatic heterocycles. The molecule has 3 aromatic heterocycles. The van der Waals surface area contributed by atoms with E-state index < -0.39 is 0 Å². The van der Waals surface area contributed by atoms with Crippen LogP contribution >= 0.6 is 11.3 Å². The quantitative estimate of drug-likeness (QED) is 0.622. The summed E-state index contributed by atoms with van der Waals surface area (Å²) in [5.74, 6) is 0.522. The molecule has 0 aliphatic carbocycles. The third-order valence-corrected chi connectivity index (χ3v) is 4.59. The van der Waals surface area contributed by atoms with Gasteiger partial charge in [0, 0.05) is 11.8 Å². The third kappa shape index (κ3) is 2.77. The number of rotatable bonds is 4. The number of hydrogen-bond donors (Lipinski definition) is 1. The molecular formula is C17H13N5OS. The van der Waals surface area contributed by atoms with Gasteiger partial charge in [0.15, 0.2) is 11.5 Å². The average molecular weight is 335 g/mol. The predicted octanol–water partition coefficient (Wildman–Crippen LogP) is 2.78. The van der Waals surface area contributed by atoms with Crippen LogP contribution in [0.2, 0.25) is 0 Å². The summed E-state index contributed by atoms with van der Waals surface area (Å²) in [7, 11) is 0. The molecule has 3 heterocycles. The zero-order chi connectivity index (χ0) is 16.4. The van der Waals surface area contributed by atoms with Gasteiger partial charge < -0.3 is 5.32 Å². The van der Waals surface area contributed by atoms with Crippen LogP contribution in [-0.4, -0.2) is 25.5 Å². The van der Waals surface area contributed by atoms with E-state index in [1.165, 1.54) is 11.3 Å². The molecule has 1 amide bonds. The number of nitrogens with one attached hydrogen (secondary N) is 1. The highest BCUT2D eigenvalue weighted by Crippen LogP contribution is 2.24. The maximum atomic E-state index is 12.3. The van der Waals surface area contributed by atoms with Crippen molar-refractivity contribution in [3.63, 3.8) is 0 Å². The van der Waals surface area contributed by atoms with E-state index in [-0.39, 0.29) is 5.91 Å². The molecule has 0 spiro atoms. The van der Waals surface area contributed by atoms with Crippen molar-refractivity contribution in [2.24, 2.45) is 0 Å². The van der Waals surface area contributed by atoms with Gasteiger partial charge in [0.2, 0.25) is 0 Å². The Bertz CT molecular complexity index is 992. The molecule has 0 saturated heterocycles. The van der Waals surface area contributed by atoms with Gasteiger partial charge in [-0.15, -0.1) is 21.5 Å². The first-order valence-corrected chi connectivity index (χ1v) is 8.21. The van der Waals surface area contributed by atoms with Crippen LogP contribution in [0.3, 0.4) is 0 Å². The molecule has 0 aliphatic rings. The molecule has 4 rings (SSSR count). The van der Waals surface area contributed by atoms with Crippen molar-refractivity contribution >= 4 is 22.9 Å². The van der Waals surface area contributed by atoms with Gasteiger partial charge in [-0.3, -0.25) is 9.20 Å². The van der Waals surface area contributed by atoms with E-state index in [1.807, 2.05) is 59.1 Å². The zero-order valence-electron chi connectivity index (χ0n) is 12.6. The lowest BCUT2D eigenvalue weighted by Gasteiger charge is -2.01. The lowest BCUT2D eigenvalue weighted by atomic mass is 10.2. The van der Waals surface area contributed by atoms with E-state index in [4.69, 9.17) is 0 Å². The lowest BCUT2D eigenvalue weighted by Crippen LogP contribution is -2.23. The van der Waals surface area contributed by atoms with Crippen LogP contribution in [0.1, 0.15) is 15.5 Å². The lowest BCUT2D eigenvalue weighted by molar-refractivity contribution is 0.0953. The number of carbonyl (C=O) groups excluding carboxylic acids is 1. The molecule has 0 bridgehead atoms. The maximum absolute atomic E-state index is 12.3. The number of benzene rings is 1. The molecule has 1 aromatic carbocycles. The molecule has 6 nitrogen and oxygen atoms in total. The van der Waals surface area contributed by atoms with Gasteiger partial charge in [0.25, 0.3) is 5.91 Å². The van der Waals surface area contributed by atoms with Crippen molar-refractivity contribution in [2.75, 3.05) is 0 Å². The van der Waals surface area contributed by atoms with Gasteiger partial charge in [-0.25, -0.2) is 4.98 Å². The van der Waals surface area contributed by atoms with Crippen molar-refractivity contribution < 1.29 is 4.79 Å². The Labute approximate surface area is 141 Å². The Balaban J connectivity index is 1.48. The highest BCUT2D eigenvalue weighted by Gasteiger charge is 2.13. The van der Waals surface area contributed by atoms with Crippen molar-refractivity contribution in [1.29, 1.82) is 0 Å². The monoisotopic (exact) mass is 335 g/mol. The van der Waals surface area contributed by atoms with Crippen molar-refractivity contribution in [1.82, 2.24) is 24.9 Å². The first kappa shape index (κ1) is 14.5. The topological polar surface area (TPSA) is 72.2 Å². The van der Waals surface area contributed by atoms with E-state index in [0.29, 0.717) is 17.2 Å². The molecule has 0 unspecified atom stereocenters. The number of thiazole rings is 1. The van der Waals surface area contributed by atoms with Crippen LogP contribution in [0.15, 0.2) is 60.9 Å². The summed E-state index contributed by atoms with van der Waals surface area (Å²) in [5, 5.41) is 11.9. The number of amides is 1. The van der Waals surface area contributed by atoms with Gasteiger partial charge in [-0.2, -0.15) is 0 Å². The van der Waals surface area contributed by atoms with Crippen LogP contribution in [0.5, 0.6) is 0 Å². The summed E-state index contributed by atoms with van der Waals surface area (Å²) in [6.07, 6.45) is 3.47. The standard InChI is InChI=1S/C17H13N5OS/c23-16(13-10-19-17(24-13)12-6-2-1-3-7-12)18-11-15-21-20-14-8-4-5-9-22(14)15/h1-10H,11H2,(H,18,23). The van der Waals surface area contributed by atoms with Crippen LogP contribution in [0, 0.1) is 0 Å². The molecule has 0 radical (unpaired) electrons. The fraction of sp³-hybridized carbons (Fsp3) is 0.0588. The van der Waals surface area contributed by atoms with E-state index in [1.54, 1.807) is 6.20 Å². The van der Waals surface area contributed by atoms with Crippen LogP contribution in [-0.2, 0) is 6.54 Å². The molecule has 0 atom stereocenters. The molecule has 118 valence electrons. The first-order chi connectivity index (χ1) is 11.8. The summed E-state index contributed by atoms with van der Waals surface area (Å²) in [4.78, 5) is 17.2. The number of nitrogens with zero attached hydrogens (tertiary/aromatic N) is 4. The van der Waals surface area contributed by atoms with E-state index >= 15 is 0 Å². The van der Waals surface area contributed by atoms with Gasteiger partial charge in [-0.05, 0) is 12.1 Å². The van der Waals surface area contributed by atoms with Gasteiger partial charge >= 0.3 is 0 Å². The Morgan fingerprint density at radius 3 is 2.79 bits per heavy atom. The maximum Gasteiger partial charge on any atom is 0.263 e. The largest absolute Gasteiger partial charge is 0.344 e. The highest BCUT2D eigenvalue weighted by atomic mass is 32.1.